The van der Waals surface area contributed by atoms with Crippen LogP contribution < -0.4 is 10.1 Å². The first-order chi connectivity index (χ1) is 10.6. The lowest BCUT2D eigenvalue weighted by atomic mass is 10.1. The van der Waals surface area contributed by atoms with Gasteiger partial charge in [0.25, 0.3) is 11.6 Å². The van der Waals surface area contributed by atoms with E-state index in [0.29, 0.717) is 31.1 Å². The Morgan fingerprint density at radius 2 is 2.14 bits per heavy atom. The molecule has 118 valence electrons. The van der Waals surface area contributed by atoms with Gasteiger partial charge in [-0.2, -0.15) is 0 Å². The van der Waals surface area contributed by atoms with E-state index in [-0.39, 0.29) is 11.6 Å². The second-order valence-electron chi connectivity index (χ2n) is 5.28. The summed E-state index contributed by atoms with van der Waals surface area (Å²) in [6, 6.07) is 4.20. The largest absolute Gasteiger partial charge is 0.478 e. The van der Waals surface area contributed by atoms with E-state index < -0.39 is 11.0 Å². The molecule has 1 unspecified atom stereocenters. The van der Waals surface area contributed by atoms with Crippen LogP contribution in [0.1, 0.15) is 6.42 Å². The molecule has 1 aromatic rings. The fraction of sp³-hybridized carbons (Fsp3) is 0.500. The predicted molar refractivity (Wildman–Crippen MR) is 78.0 cm³/mol. The van der Waals surface area contributed by atoms with Crippen molar-refractivity contribution in [3.05, 3.63) is 28.3 Å². The first-order valence-corrected chi connectivity index (χ1v) is 7.19. The number of fused-ring (bicyclic) bond motifs is 1. The minimum atomic E-state index is -0.572. The van der Waals surface area contributed by atoms with Crippen LogP contribution in [-0.2, 0) is 9.53 Å². The van der Waals surface area contributed by atoms with E-state index in [9.17, 15) is 14.9 Å². The van der Waals surface area contributed by atoms with Crippen molar-refractivity contribution in [3.63, 3.8) is 0 Å². The van der Waals surface area contributed by atoms with Gasteiger partial charge >= 0.3 is 0 Å². The maximum Gasteiger partial charge on any atom is 0.271 e. The standard InChI is InChI=1S/C14H17N3O5/c18-14-13(3-4-16-5-7-21-8-6-16)22-12-2-1-10(17(19)20)9-11(12)15-14/h1-2,9,13H,3-8H2,(H,15,18). The first-order valence-electron chi connectivity index (χ1n) is 7.19. The molecule has 2 aliphatic heterocycles. The quantitative estimate of drug-likeness (QED) is 0.659. The summed E-state index contributed by atoms with van der Waals surface area (Å²) in [5.41, 5.74) is 0.274. The van der Waals surface area contributed by atoms with E-state index in [1.807, 2.05) is 0 Å². The Morgan fingerprint density at radius 1 is 1.36 bits per heavy atom. The van der Waals surface area contributed by atoms with Crippen LogP contribution in [0.3, 0.4) is 0 Å². The monoisotopic (exact) mass is 307 g/mol. The van der Waals surface area contributed by atoms with Gasteiger partial charge in [0.15, 0.2) is 6.10 Å². The maximum absolute atomic E-state index is 12.1. The van der Waals surface area contributed by atoms with Crippen LogP contribution in [0.25, 0.3) is 0 Å². The van der Waals surface area contributed by atoms with Crippen molar-refractivity contribution >= 4 is 17.3 Å². The van der Waals surface area contributed by atoms with Crippen molar-refractivity contribution in [1.29, 1.82) is 0 Å². The van der Waals surface area contributed by atoms with Gasteiger partial charge < -0.3 is 14.8 Å². The summed E-state index contributed by atoms with van der Waals surface area (Å²) < 4.78 is 11.0. The number of non-ortho nitro benzene ring substituents is 1. The van der Waals surface area contributed by atoms with E-state index in [1.165, 1.54) is 18.2 Å². The fourth-order valence-electron chi connectivity index (χ4n) is 2.57. The van der Waals surface area contributed by atoms with Crippen LogP contribution in [0.15, 0.2) is 18.2 Å². The number of carbonyl (C=O) groups is 1. The normalized spacial score (nSPS) is 21.6. The van der Waals surface area contributed by atoms with Gasteiger partial charge in [-0.05, 0) is 6.07 Å². The van der Waals surface area contributed by atoms with E-state index in [2.05, 4.69) is 10.2 Å². The summed E-state index contributed by atoms with van der Waals surface area (Å²) in [5, 5.41) is 13.4. The number of nitro groups is 1. The lowest BCUT2D eigenvalue weighted by molar-refractivity contribution is -0.384. The summed E-state index contributed by atoms with van der Waals surface area (Å²) >= 11 is 0. The molecule has 2 aliphatic rings. The third-order valence-electron chi connectivity index (χ3n) is 3.80. The molecular weight excluding hydrogens is 290 g/mol. The Hall–Kier alpha value is -2.19. The smallest absolute Gasteiger partial charge is 0.271 e. The van der Waals surface area contributed by atoms with Gasteiger partial charge in [-0.15, -0.1) is 0 Å². The fourth-order valence-corrected chi connectivity index (χ4v) is 2.57. The number of hydrogen-bond acceptors (Lipinski definition) is 6. The number of benzene rings is 1. The number of carbonyl (C=O) groups excluding carboxylic acids is 1. The van der Waals surface area contributed by atoms with Crippen LogP contribution in [0, 0.1) is 10.1 Å². The third kappa shape index (κ3) is 3.18. The average Bonchev–Trinajstić information content (AvgIpc) is 2.53. The molecule has 2 heterocycles. The second kappa shape index (κ2) is 6.29. The zero-order chi connectivity index (χ0) is 15.5. The van der Waals surface area contributed by atoms with E-state index >= 15 is 0 Å². The molecule has 22 heavy (non-hydrogen) atoms. The van der Waals surface area contributed by atoms with Gasteiger partial charge in [-0.1, -0.05) is 0 Å². The molecule has 8 heteroatoms. The molecule has 1 amide bonds. The summed E-state index contributed by atoms with van der Waals surface area (Å²) in [7, 11) is 0. The molecule has 3 rings (SSSR count). The average molecular weight is 307 g/mol. The van der Waals surface area contributed by atoms with E-state index in [1.54, 1.807) is 0 Å². The molecule has 1 N–H and O–H groups in total. The Labute approximate surface area is 127 Å². The molecule has 1 aromatic carbocycles. The molecule has 0 spiro atoms. The van der Waals surface area contributed by atoms with Gasteiger partial charge in [0, 0.05) is 38.2 Å². The van der Waals surface area contributed by atoms with E-state index in [4.69, 9.17) is 9.47 Å². The number of hydrogen-bond donors (Lipinski definition) is 1. The number of nitro benzene ring substituents is 1. The molecule has 0 radical (unpaired) electrons. The van der Waals surface area contributed by atoms with Crippen LogP contribution in [0.4, 0.5) is 11.4 Å². The highest BCUT2D eigenvalue weighted by atomic mass is 16.6. The molecule has 8 nitrogen and oxygen atoms in total. The predicted octanol–water partition coefficient (Wildman–Crippen LogP) is 1.02. The topological polar surface area (TPSA) is 93.9 Å². The highest BCUT2D eigenvalue weighted by Crippen LogP contribution is 2.33. The van der Waals surface area contributed by atoms with Crippen molar-refractivity contribution in [2.45, 2.75) is 12.5 Å². The molecule has 1 atom stereocenters. The number of nitrogens with one attached hydrogen (secondary N) is 1. The molecule has 1 fully saturated rings. The number of anilines is 1. The Morgan fingerprint density at radius 3 is 2.86 bits per heavy atom. The van der Waals surface area contributed by atoms with Crippen molar-refractivity contribution in [2.75, 3.05) is 38.2 Å². The minimum Gasteiger partial charge on any atom is -0.478 e. The van der Waals surface area contributed by atoms with Crippen molar-refractivity contribution < 1.29 is 19.2 Å². The Bertz CT molecular complexity index is 586. The number of ether oxygens (including phenoxy) is 2. The Kier molecular flexibility index (Phi) is 4.21. The summed E-state index contributed by atoms with van der Waals surface area (Å²) in [5.74, 6) is 0.207. The molecule has 0 aromatic heterocycles. The van der Waals surface area contributed by atoms with Gasteiger partial charge in [-0.3, -0.25) is 19.8 Å². The van der Waals surface area contributed by atoms with Crippen LogP contribution in [0.5, 0.6) is 5.75 Å². The Balaban J connectivity index is 1.63. The number of rotatable bonds is 4. The summed E-state index contributed by atoms with van der Waals surface area (Å²) in [4.78, 5) is 24.5. The lowest BCUT2D eigenvalue weighted by Crippen LogP contribution is -2.42. The summed E-state index contributed by atoms with van der Waals surface area (Å²) in [6.07, 6.45) is -0.000719. The van der Waals surface area contributed by atoms with Crippen LogP contribution >= 0.6 is 0 Å². The molecule has 1 saturated heterocycles. The zero-order valence-corrected chi connectivity index (χ0v) is 12.0. The van der Waals surface area contributed by atoms with Crippen molar-refractivity contribution in [3.8, 4) is 5.75 Å². The van der Waals surface area contributed by atoms with Gasteiger partial charge in [-0.25, -0.2) is 0 Å². The second-order valence-corrected chi connectivity index (χ2v) is 5.28. The van der Waals surface area contributed by atoms with Gasteiger partial charge in [0.2, 0.25) is 0 Å². The number of nitrogens with zero attached hydrogens (tertiary/aromatic N) is 2. The lowest BCUT2D eigenvalue weighted by Gasteiger charge is -2.30. The zero-order valence-electron chi connectivity index (χ0n) is 12.0. The van der Waals surface area contributed by atoms with Gasteiger partial charge in [0.1, 0.15) is 5.75 Å². The number of amides is 1. The van der Waals surface area contributed by atoms with Crippen molar-refractivity contribution in [2.24, 2.45) is 0 Å². The highest BCUT2D eigenvalue weighted by Gasteiger charge is 2.29. The minimum absolute atomic E-state index is 0.0746. The molecule has 0 aliphatic carbocycles. The molecule has 0 bridgehead atoms. The summed E-state index contributed by atoms with van der Waals surface area (Å²) in [6.45, 7) is 3.90. The van der Waals surface area contributed by atoms with Crippen molar-refractivity contribution in [1.82, 2.24) is 4.90 Å². The first kappa shape index (κ1) is 14.7. The van der Waals surface area contributed by atoms with Gasteiger partial charge in [0.05, 0.1) is 23.8 Å². The number of morpholine rings is 1. The molecule has 0 saturated carbocycles. The molecular formula is C14H17N3O5. The highest BCUT2D eigenvalue weighted by molar-refractivity contribution is 5.98. The SMILES string of the molecule is O=C1Nc2cc([N+](=O)[O-])ccc2OC1CCN1CCOCC1. The third-order valence-corrected chi connectivity index (χ3v) is 3.80. The van der Waals surface area contributed by atoms with Crippen LogP contribution in [0.2, 0.25) is 0 Å². The van der Waals surface area contributed by atoms with E-state index in [0.717, 1.165) is 19.6 Å². The van der Waals surface area contributed by atoms with Crippen LogP contribution in [-0.4, -0.2) is 54.7 Å². The maximum atomic E-state index is 12.1.